The van der Waals surface area contributed by atoms with Crippen LogP contribution in [0.25, 0.3) is 5.76 Å². The zero-order chi connectivity index (χ0) is 19.3. The summed E-state index contributed by atoms with van der Waals surface area (Å²) in [6.07, 6.45) is 0.803. The highest BCUT2D eigenvalue weighted by Gasteiger charge is 2.17. The van der Waals surface area contributed by atoms with Gasteiger partial charge < -0.3 is 15.2 Å². The van der Waals surface area contributed by atoms with E-state index in [0.717, 1.165) is 17.7 Å². The summed E-state index contributed by atoms with van der Waals surface area (Å²) in [5.41, 5.74) is 1.25. The monoisotopic (exact) mass is 356 g/mol. The zero-order valence-corrected chi connectivity index (χ0v) is 14.1. The summed E-state index contributed by atoms with van der Waals surface area (Å²) in [5.74, 6) is -2.31. The molecule has 0 fully saturated rings. The highest BCUT2D eigenvalue weighted by molar-refractivity contribution is 6.45. The lowest BCUT2D eigenvalue weighted by molar-refractivity contribution is -0.384. The molecular formula is C18H16N2O6. The van der Waals surface area contributed by atoms with Gasteiger partial charge in [0.25, 0.3) is 11.6 Å². The minimum absolute atomic E-state index is 0.0343. The number of methoxy groups -OCH3 is 1. The lowest BCUT2D eigenvalue weighted by atomic mass is 10.1. The van der Waals surface area contributed by atoms with E-state index >= 15 is 0 Å². The van der Waals surface area contributed by atoms with E-state index in [4.69, 9.17) is 4.74 Å². The minimum atomic E-state index is -1.02. The van der Waals surface area contributed by atoms with E-state index in [0.29, 0.717) is 5.56 Å². The third-order valence-electron chi connectivity index (χ3n) is 3.48. The first-order valence-electron chi connectivity index (χ1n) is 7.47. The number of hydrogen-bond donors (Lipinski definition) is 2. The molecule has 2 rings (SSSR count). The second kappa shape index (κ2) is 7.93. The van der Waals surface area contributed by atoms with Crippen LogP contribution in [0.3, 0.4) is 0 Å². The predicted octanol–water partition coefficient (Wildman–Crippen LogP) is 3.02. The molecule has 0 saturated heterocycles. The Morgan fingerprint density at radius 2 is 1.85 bits per heavy atom. The molecule has 0 saturated carbocycles. The minimum Gasteiger partial charge on any atom is -0.507 e. The van der Waals surface area contributed by atoms with E-state index in [9.17, 15) is 24.8 Å². The molecule has 8 nitrogen and oxygen atoms in total. The van der Waals surface area contributed by atoms with E-state index in [-0.39, 0.29) is 22.9 Å². The SMILES string of the molecule is COc1cc([N+](=O)[O-])ccc1NC(=O)C(=O)/C=C(\O)c1ccc(C)cc1. The van der Waals surface area contributed by atoms with E-state index in [1.165, 1.54) is 19.2 Å². The summed E-state index contributed by atoms with van der Waals surface area (Å²) < 4.78 is 4.98. The fourth-order valence-electron chi connectivity index (χ4n) is 2.08. The van der Waals surface area contributed by atoms with Gasteiger partial charge in [-0.25, -0.2) is 0 Å². The number of aryl methyl sites for hydroxylation is 1. The number of aliphatic hydroxyl groups is 1. The van der Waals surface area contributed by atoms with Gasteiger partial charge in [0.05, 0.1) is 23.8 Å². The standard InChI is InChI=1S/C18H16N2O6/c1-11-3-5-12(6-4-11)15(21)10-16(22)18(23)19-14-8-7-13(20(24)25)9-17(14)26-2/h3-10,21H,1-2H3,(H,19,23)/b15-10-. The number of carbonyl (C=O) groups is 2. The number of non-ortho nitro benzene ring substituents is 1. The van der Waals surface area contributed by atoms with Crippen molar-refractivity contribution in [3.63, 3.8) is 0 Å². The van der Waals surface area contributed by atoms with Gasteiger partial charge in [-0.05, 0) is 13.0 Å². The van der Waals surface area contributed by atoms with Gasteiger partial charge in [-0.1, -0.05) is 29.8 Å². The number of nitrogens with zero attached hydrogens (tertiary/aromatic N) is 1. The summed E-state index contributed by atoms with van der Waals surface area (Å²) in [4.78, 5) is 34.1. The third kappa shape index (κ3) is 4.44. The highest BCUT2D eigenvalue weighted by Crippen LogP contribution is 2.29. The number of hydrogen-bond acceptors (Lipinski definition) is 6. The van der Waals surface area contributed by atoms with Crippen molar-refractivity contribution < 1.29 is 24.4 Å². The number of nitro groups is 1. The molecule has 0 aliphatic rings. The maximum absolute atomic E-state index is 12.0. The zero-order valence-electron chi connectivity index (χ0n) is 14.1. The van der Waals surface area contributed by atoms with Crippen LogP contribution in [0.2, 0.25) is 0 Å². The van der Waals surface area contributed by atoms with Crippen LogP contribution < -0.4 is 10.1 Å². The summed E-state index contributed by atoms with van der Waals surface area (Å²) >= 11 is 0. The normalized spacial score (nSPS) is 10.9. The number of amides is 1. The van der Waals surface area contributed by atoms with Gasteiger partial charge in [0, 0.05) is 17.7 Å². The molecule has 0 heterocycles. The number of aliphatic hydroxyl groups excluding tert-OH is 1. The molecule has 8 heteroatoms. The molecular weight excluding hydrogens is 340 g/mol. The first-order valence-corrected chi connectivity index (χ1v) is 7.47. The quantitative estimate of drug-likeness (QED) is 0.270. The van der Waals surface area contributed by atoms with Crippen LogP contribution >= 0.6 is 0 Å². The van der Waals surface area contributed by atoms with Crippen molar-refractivity contribution in [3.05, 3.63) is 69.8 Å². The Bertz CT molecular complexity index is 887. The van der Waals surface area contributed by atoms with Gasteiger partial charge in [-0.2, -0.15) is 0 Å². The van der Waals surface area contributed by atoms with Crippen LogP contribution in [0.15, 0.2) is 48.5 Å². The van der Waals surface area contributed by atoms with Crippen LogP contribution in [0, 0.1) is 17.0 Å². The van der Waals surface area contributed by atoms with Gasteiger partial charge in [-0.3, -0.25) is 19.7 Å². The Morgan fingerprint density at radius 1 is 1.19 bits per heavy atom. The molecule has 0 bridgehead atoms. The largest absolute Gasteiger partial charge is 0.507 e. The van der Waals surface area contributed by atoms with Gasteiger partial charge in [0.2, 0.25) is 5.78 Å². The summed E-state index contributed by atoms with van der Waals surface area (Å²) in [7, 11) is 1.28. The smallest absolute Gasteiger partial charge is 0.296 e. The van der Waals surface area contributed by atoms with Crippen LogP contribution in [0.4, 0.5) is 11.4 Å². The molecule has 2 aromatic carbocycles. The Labute approximate surface area is 148 Å². The van der Waals surface area contributed by atoms with Crippen LogP contribution in [0.5, 0.6) is 5.75 Å². The van der Waals surface area contributed by atoms with Crippen molar-refractivity contribution in [1.29, 1.82) is 0 Å². The van der Waals surface area contributed by atoms with Gasteiger partial charge >= 0.3 is 0 Å². The van der Waals surface area contributed by atoms with E-state index in [2.05, 4.69) is 5.32 Å². The Morgan fingerprint density at radius 3 is 2.42 bits per heavy atom. The Balaban J connectivity index is 2.16. The number of benzene rings is 2. The fourth-order valence-corrected chi connectivity index (χ4v) is 2.08. The van der Waals surface area contributed by atoms with Gasteiger partial charge in [0.15, 0.2) is 0 Å². The number of anilines is 1. The van der Waals surface area contributed by atoms with Gasteiger partial charge in [-0.15, -0.1) is 0 Å². The van der Waals surface area contributed by atoms with Crippen molar-refractivity contribution >= 4 is 28.8 Å². The van der Waals surface area contributed by atoms with Crippen molar-refractivity contribution in [2.45, 2.75) is 6.92 Å². The van der Waals surface area contributed by atoms with Crippen molar-refractivity contribution in [3.8, 4) is 5.75 Å². The lowest BCUT2D eigenvalue weighted by Crippen LogP contribution is -2.21. The number of carbonyl (C=O) groups excluding carboxylic acids is 2. The molecule has 2 aromatic rings. The molecule has 0 unspecified atom stereocenters. The molecule has 0 spiro atoms. The molecule has 0 aliphatic carbocycles. The average molecular weight is 356 g/mol. The number of ether oxygens (including phenoxy) is 1. The Hall–Kier alpha value is -3.68. The van der Waals surface area contributed by atoms with Gasteiger partial charge in [0.1, 0.15) is 11.5 Å². The number of ketones is 1. The van der Waals surface area contributed by atoms with Crippen LogP contribution in [-0.2, 0) is 9.59 Å². The first kappa shape index (κ1) is 18.7. The second-order valence-corrected chi connectivity index (χ2v) is 5.36. The van der Waals surface area contributed by atoms with Crippen LogP contribution in [-0.4, -0.2) is 28.8 Å². The lowest BCUT2D eigenvalue weighted by Gasteiger charge is -2.08. The molecule has 0 aromatic heterocycles. The predicted molar refractivity (Wildman–Crippen MR) is 95.1 cm³/mol. The number of rotatable bonds is 6. The molecule has 0 aliphatic heterocycles. The topological polar surface area (TPSA) is 119 Å². The average Bonchev–Trinajstić information content (AvgIpc) is 2.62. The van der Waals surface area contributed by atoms with Crippen LogP contribution in [0.1, 0.15) is 11.1 Å². The highest BCUT2D eigenvalue weighted by atomic mass is 16.6. The summed E-state index contributed by atoms with van der Waals surface area (Å²) in [6, 6.07) is 10.3. The maximum atomic E-state index is 12.0. The molecule has 1 amide bonds. The number of nitrogens with one attached hydrogen (secondary N) is 1. The number of nitro benzene ring substituents is 1. The fraction of sp³-hybridized carbons (Fsp3) is 0.111. The molecule has 26 heavy (non-hydrogen) atoms. The van der Waals surface area contributed by atoms with Crippen molar-refractivity contribution in [1.82, 2.24) is 0 Å². The van der Waals surface area contributed by atoms with E-state index < -0.39 is 16.6 Å². The van der Waals surface area contributed by atoms with E-state index in [1.807, 2.05) is 6.92 Å². The third-order valence-corrected chi connectivity index (χ3v) is 3.48. The first-order chi connectivity index (χ1) is 12.3. The molecule has 0 atom stereocenters. The molecule has 134 valence electrons. The maximum Gasteiger partial charge on any atom is 0.296 e. The van der Waals surface area contributed by atoms with Crippen molar-refractivity contribution in [2.24, 2.45) is 0 Å². The molecule has 2 N–H and O–H groups in total. The van der Waals surface area contributed by atoms with Crippen molar-refractivity contribution in [2.75, 3.05) is 12.4 Å². The second-order valence-electron chi connectivity index (χ2n) is 5.36. The summed E-state index contributed by atoms with van der Waals surface area (Å²) in [5, 5.41) is 23.0. The Kier molecular flexibility index (Phi) is 5.69. The van der Waals surface area contributed by atoms with E-state index in [1.54, 1.807) is 24.3 Å². The summed E-state index contributed by atoms with van der Waals surface area (Å²) in [6.45, 7) is 1.88. The molecule has 0 radical (unpaired) electrons.